The van der Waals surface area contributed by atoms with Crippen LogP contribution in [0, 0.1) is 0 Å². The molecule has 0 radical (unpaired) electrons. The van der Waals surface area contributed by atoms with Gasteiger partial charge in [-0.05, 0) is 12.8 Å². The molecule has 0 spiro atoms. The molecule has 19 nitrogen and oxygen atoms in total. The van der Waals surface area contributed by atoms with Gasteiger partial charge in [0.25, 0.3) is 0 Å². The lowest BCUT2D eigenvalue weighted by atomic mass is 9.96. The van der Waals surface area contributed by atoms with Crippen molar-refractivity contribution >= 4 is 5.91 Å². The van der Waals surface area contributed by atoms with Crippen molar-refractivity contribution in [3.63, 3.8) is 0 Å². The minimum atomic E-state index is -1.96. The first-order chi connectivity index (χ1) is 28.8. The summed E-state index contributed by atoms with van der Waals surface area (Å²) < 4.78 is 33.9. The second kappa shape index (κ2) is 28.6. The molecule has 60 heavy (non-hydrogen) atoms. The largest absolute Gasteiger partial charge is 0.394 e. The van der Waals surface area contributed by atoms with Crippen molar-refractivity contribution in [3.05, 3.63) is 0 Å². The lowest BCUT2D eigenvalue weighted by molar-refractivity contribution is -0.379. The molecule has 3 heterocycles. The van der Waals surface area contributed by atoms with E-state index in [0.717, 1.165) is 44.9 Å². The molecule has 17 atom stereocenters. The fraction of sp³-hybridized carbons (Fsp3) is 0.976. The van der Waals surface area contributed by atoms with E-state index in [2.05, 4.69) is 19.2 Å². The molecule has 3 saturated heterocycles. The van der Waals surface area contributed by atoms with E-state index in [-0.39, 0.29) is 18.9 Å². The Morgan fingerprint density at radius 1 is 0.533 bits per heavy atom. The number of aliphatic hydroxyl groups is 11. The van der Waals surface area contributed by atoms with Crippen LogP contribution in [0.3, 0.4) is 0 Å². The Labute approximate surface area is 353 Å². The van der Waals surface area contributed by atoms with Crippen LogP contribution in [0.15, 0.2) is 0 Å². The van der Waals surface area contributed by atoms with Crippen LogP contribution < -0.4 is 5.32 Å². The molecule has 354 valence electrons. The predicted molar refractivity (Wildman–Crippen MR) is 213 cm³/mol. The van der Waals surface area contributed by atoms with E-state index in [1.807, 2.05) is 0 Å². The number of rotatable bonds is 29. The van der Waals surface area contributed by atoms with Crippen LogP contribution in [-0.4, -0.2) is 193 Å². The minimum Gasteiger partial charge on any atom is -0.394 e. The number of carbonyl (C=O) groups excluding carboxylic acids is 1. The van der Waals surface area contributed by atoms with E-state index in [1.165, 1.54) is 44.9 Å². The summed E-state index contributed by atoms with van der Waals surface area (Å²) >= 11 is 0. The summed E-state index contributed by atoms with van der Waals surface area (Å²) in [6.07, 6.45) is -9.66. The van der Waals surface area contributed by atoms with Crippen LogP contribution in [0.2, 0.25) is 0 Å². The Kier molecular flexibility index (Phi) is 25.3. The maximum atomic E-state index is 12.9. The third-order valence-corrected chi connectivity index (χ3v) is 11.7. The first-order valence-electron chi connectivity index (χ1n) is 22.3. The molecule has 12 N–H and O–H groups in total. The van der Waals surface area contributed by atoms with Gasteiger partial charge in [0, 0.05) is 6.42 Å². The van der Waals surface area contributed by atoms with Gasteiger partial charge < -0.3 is 89.9 Å². The van der Waals surface area contributed by atoms with Crippen LogP contribution in [0.5, 0.6) is 0 Å². The van der Waals surface area contributed by atoms with Gasteiger partial charge in [0.1, 0.15) is 73.2 Å². The van der Waals surface area contributed by atoms with Gasteiger partial charge in [-0.3, -0.25) is 4.79 Å². The SMILES string of the molecule is CCCCCCCCCCCCCC(O)C(COC1OC(CO)C(OC2OC(CO)C(OC3OC(CO)C(O)C(O)C3O)C(O)C2O)C(O)C1O)NC(=O)CCCCCC. The van der Waals surface area contributed by atoms with Crippen LogP contribution in [0.4, 0.5) is 0 Å². The van der Waals surface area contributed by atoms with Crippen molar-refractivity contribution in [1.29, 1.82) is 0 Å². The van der Waals surface area contributed by atoms with Crippen molar-refractivity contribution in [2.24, 2.45) is 0 Å². The summed E-state index contributed by atoms with van der Waals surface area (Å²) in [7, 11) is 0. The zero-order chi connectivity index (χ0) is 44.2. The number of amides is 1. The zero-order valence-electron chi connectivity index (χ0n) is 35.4. The predicted octanol–water partition coefficient (Wildman–Crippen LogP) is -1.03. The molecule has 0 aromatic rings. The van der Waals surface area contributed by atoms with E-state index in [4.69, 9.17) is 28.4 Å². The zero-order valence-corrected chi connectivity index (χ0v) is 35.4. The Bertz CT molecular complexity index is 1140. The summed E-state index contributed by atoms with van der Waals surface area (Å²) in [6, 6.07) is -0.873. The number of ether oxygens (including phenoxy) is 6. The third-order valence-electron chi connectivity index (χ3n) is 11.7. The number of aliphatic hydroxyl groups excluding tert-OH is 11. The van der Waals surface area contributed by atoms with Gasteiger partial charge in [0.15, 0.2) is 18.9 Å². The van der Waals surface area contributed by atoms with E-state index >= 15 is 0 Å². The normalized spacial score (nSPS) is 35.9. The van der Waals surface area contributed by atoms with E-state index < -0.39 is 124 Å². The maximum Gasteiger partial charge on any atom is 0.220 e. The molecule has 0 aromatic carbocycles. The molecule has 0 saturated carbocycles. The topological polar surface area (TPSA) is 307 Å². The molecule has 19 heteroatoms. The molecular weight excluding hydrogens is 794 g/mol. The number of hydrogen-bond acceptors (Lipinski definition) is 18. The lowest BCUT2D eigenvalue weighted by Crippen LogP contribution is -2.66. The third kappa shape index (κ3) is 16.1. The van der Waals surface area contributed by atoms with Gasteiger partial charge in [0.05, 0.1) is 38.6 Å². The minimum absolute atomic E-state index is 0.260. The van der Waals surface area contributed by atoms with Crippen molar-refractivity contribution in [2.45, 2.75) is 227 Å². The highest BCUT2D eigenvalue weighted by Crippen LogP contribution is 2.33. The highest BCUT2D eigenvalue weighted by Gasteiger charge is 2.53. The second-order valence-corrected chi connectivity index (χ2v) is 16.5. The Hall–Kier alpha value is -1.21. The smallest absolute Gasteiger partial charge is 0.220 e. The first kappa shape index (κ1) is 53.1. The van der Waals surface area contributed by atoms with Crippen LogP contribution >= 0.6 is 0 Å². The summed E-state index contributed by atoms with van der Waals surface area (Å²) in [5, 5.41) is 119. The van der Waals surface area contributed by atoms with Gasteiger partial charge in [0.2, 0.25) is 5.91 Å². The molecular formula is C41H77NO18. The average Bonchev–Trinajstić information content (AvgIpc) is 3.24. The highest BCUT2D eigenvalue weighted by molar-refractivity contribution is 5.76. The maximum absolute atomic E-state index is 12.9. The van der Waals surface area contributed by atoms with Crippen LogP contribution in [-0.2, 0) is 33.2 Å². The molecule has 1 amide bonds. The van der Waals surface area contributed by atoms with Gasteiger partial charge in [-0.25, -0.2) is 0 Å². The molecule has 3 fully saturated rings. The average molecular weight is 872 g/mol. The van der Waals surface area contributed by atoms with Gasteiger partial charge in [-0.15, -0.1) is 0 Å². The van der Waals surface area contributed by atoms with Gasteiger partial charge in [-0.2, -0.15) is 0 Å². The van der Waals surface area contributed by atoms with Crippen molar-refractivity contribution in [2.75, 3.05) is 26.4 Å². The van der Waals surface area contributed by atoms with Gasteiger partial charge >= 0.3 is 0 Å². The Morgan fingerprint density at radius 2 is 0.950 bits per heavy atom. The summed E-state index contributed by atoms with van der Waals surface area (Å²) in [4.78, 5) is 12.9. The van der Waals surface area contributed by atoms with Crippen molar-refractivity contribution < 1.29 is 89.4 Å². The fourth-order valence-corrected chi connectivity index (χ4v) is 7.84. The van der Waals surface area contributed by atoms with E-state index in [9.17, 15) is 61.0 Å². The standard InChI is InChI=1S/C41H77NO18/c1-3-5-7-9-10-11-12-13-14-15-16-18-25(46)24(42-29(47)19-17-8-6-4-2)23-55-39-35(53)32(50)37(27(21-44)57-39)60-41-36(54)33(51)38(28(22-45)58-41)59-40-34(52)31(49)30(48)26(20-43)56-40/h24-28,30-41,43-46,48-54H,3-23H2,1-2H3,(H,42,47). The van der Waals surface area contributed by atoms with E-state index in [1.54, 1.807) is 0 Å². The molecule has 0 bridgehead atoms. The number of carbonyl (C=O) groups is 1. The van der Waals surface area contributed by atoms with Crippen LogP contribution in [0.25, 0.3) is 0 Å². The molecule has 3 aliphatic heterocycles. The summed E-state index contributed by atoms with van der Waals surface area (Å²) in [5.74, 6) is -0.264. The Morgan fingerprint density at radius 3 is 1.45 bits per heavy atom. The quantitative estimate of drug-likeness (QED) is 0.0400. The van der Waals surface area contributed by atoms with Gasteiger partial charge in [-0.1, -0.05) is 104 Å². The lowest BCUT2D eigenvalue weighted by Gasteiger charge is -2.48. The molecule has 17 unspecified atom stereocenters. The molecule has 0 aromatic heterocycles. The molecule has 0 aliphatic carbocycles. The highest BCUT2D eigenvalue weighted by atomic mass is 16.8. The number of nitrogens with one attached hydrogen (secondary N) is 1. The number of unbranched alkanes of at least 4 members (excludes halogenated alkanes) is 13. The van der Waals surface area contributed by atoms with Crippen molar-refractivity contribution in [1.82, 2.24) is 5.32 Å². The Balaban J connectivity index is 1.58. The first-order valence-corrected chi connectivity index (χ1v) is 22.3. The van der Waals surface area contributed by atoms with E-state index in [0.29, 0.717) is 12.8 Å². The molecule has 3 aliphatic rings. The fourth-order valence-electron chi connectivity index (χ4n) is 7.84. The second-order valence-electron chi connectivity index (χ2n) is 16.5. The monoisotopic (exact) mass is 872 g/mol. The summed E-state index contributed by atoms with van der Waals surface area (Å²) in [5.41, 5.74) is 0. The summed E-state index contributed by atoms with van der Waals surface area (Å²) in [6.45, 7) is 1.58. The van der Waals surface area contributed by atoms with Crippen LogP contribution in [0.1, 0.15) is 123 Å². The molecule has 3 rings (SSSR count). The van der Waals surface area contributed by atoms with Crippen molar-refractivity contribution in [3.8, 4) is 0 Å². The number of hydrogen-bond donors (Lipinski definition) is 12.